The van der Waals surface area contributed by atoms with E-state index < -0.39 is 11.7 Å². The van der Waals surface area contributed by atoms with Crippen LogP contribution in [0.25, 0.3) is 10.9 Å². The van der Waals surface area contributed by atoms with Crippen molar-refractivity contribution in [1.29, 1.82) is 0 Å². The minimum absolute atomic E-state index is 0.00644. The molecule has 2 N–H and O–H groups in total. The number of ether oxygens (including phenoxy) is 1. The maximum atomic E-state index is 12.7. The molecule has 2 aromatic rings. The standard InChI is InChI=1S/C19H24BrN3O3/c1-19(2,3)26-18(25)21-14-6-8-23(9-7-14)17(24)16-11-12-10-13(20)4-5-15(12)22-16/h4-5,10-11,14,22H,6-9H2,1-3H3,(H,21,25). The third-order valence-corrected chi connectivity index (χ3v) is 4.81. The summed E-state index contributed by atoms with van der Waals surface area (Å²) >= 11 is 3.45. The first kappa shape index (κ1) is 18.8. The molecule has 6 nitrogen and oxygen atoms in total. The largest absolute Gasteiger partial charge is 0.444 e. The van der Waals surface area contributed by atoms with Crippen LogP contribution in [0.15, 0.2) is 28.7 Å². The van der Waals surface area contributed by atoms with Crippen LogP contribution in [0.5, 0.6) is 0 Å². The van der Waals surface area contributed by atoms with Crippen LogP contribution in [0.4, 0.5) is 4.79 Å². The first-order chi connectivity index (χ1) is 12.2. The number of piperidine rings is 1. The van der Waals surface area contributed by atoms with Gasteiger partial charge < -0.3 is 19.9 Å². The molecule has 0 saturated carbocycles. The second-order valence-corrected chi connectivity index (χ2v) is 8.54. The lowest BCUT2D eigenvalue weighted by Gasteiger charge is -2.32. The third-order valence-electron chi connectivity index (χ3n) is 4.32. The van der Waals surface area contributed by atoms with E-state index >= 15 is 0 Å². The molecule has 0 unspecified atom stereocenters. The summed E-state index contributed by atoms with van der Waals surface area (Å²) in [6, 6.07) is 7.80. The fraction of sp³-hybridized carbons (Fsp3) is 0.474. The topological polar surface area (TPSA) is 74.4 Å². The number of carbonyl (C=O) groups is 2. The molecule has 1 saturated heterocycles. The fourth-order valence-corrected chi connectivity index (χ4v) is 3.47. The van der Waals surface area contributed by atoms with Crippen LogP contribution in [-0.4, -0.2) is 46.6 Å². The number of fused-ring (bicyclic) bond motifs is 1. The van der Waals surface area contributed by atoms with Crippen LogP contribution >= 0.6 is 15.9 Å². The number of likely N-dealkylation sites (tertiary alicyclic amines) is 1. The number of hydrogen-bond donors (Lipinski definition) is 2. The number of alkyl carbamates (subject to hydrolysis) is 1. The Morgan fingerprint density at radius 3 is 2.58 bits per heavy atom. The van der Waals surface area contributed by atoms with E-state index in [1.54, 1.807) is 0 Å². The Morgan fingerprint density at radius 1 is 1.23 bits per heavy atom. The molecule has 2 heterocycles. The zero-order valence-corrected chi connectivity index (χ0v) is 16.9. The highest BCUT2D eigenvalue weighted by Gasteiger charge is 2.27. The van der Waals surface area contributed by atoms with Gasteiger partial charge in [-0.3, -0.25) is 4.79 Å². The van der Waals surface area contributed by atoms with Gasteiger partial charge in [-0.25, -0.2) is 4.79 Å². The quantitative estimate of drug-likeness (QED) is 0.767. The molecule has 0 aliphatic carbocycles. The molecule has 26 heavy (non-hydrogen) atoms. The zero-order valence-electron chi connectivity index (χ0n) is 15.3. The molecule has 0 spiro atoms. The molecule has 1 aliphatic heterocycles. The number of nitrogens with zero attached hydrogens (tertiary/aromatic N) is 1. The molecule has 1 aromatic heterocycles. The van der Waals surface area contributed by atoms with Gasteiger partial charge >= 0.3 is 6.09 Å². The van der Waals surface area contributed by atoms with Gasteiger partial charge in [-0.2, -0.15) is 0 Å². The van der Waals surface area contributed by atoms with Gasteiger partial charge in [-0.05, 0) is 57.9 Å². The van der Waals surface area contributed by atoms with Crippen molar-refractivity contribution in [2.24, 2.45) is 0 Å². The number of hydrogen-bond acceptors (Lipinski definition) is 3. The summed E-state index contributed by atoms with van der Waals surface area (Å²) in [6.07, 6.45) is 1.04. The number of benzene rings is 1. The van der Waals surface area contributed by atoms with E-state index in [4.69, 9.17) is 4.74 Å². The maximum Gasteiger partial charge on any atom is 0.407 e. The number of carbonyl (C=O) groups excluding carboxylic acids is 2. The van der Waals surface area contributed by atoms with Crippen LogP contribution in [0.2, 0.25) is 0 Å². The molecular weight excluding hydrogens is 398 g/mol. The maximum absolute atomic E-state index is 12.7. The van der Waals surface area contributed by atoms with E-state index in [-0.39, 0.29) is 11.9 Å². The van der Waals surface area contributed by atoms with Crippen molar-refractivity contribution >= 4 is 38.8 Å². The Bertz CT molecular complexity index is 817. The summed E-state index contributed by atoms with van der Waals surface area (Å²) in [7, 11) is 0. The Balaban J connectivity index is 1.57. The van der Waals surface area contributed by atoms with Crippen molar-refractivity contribution in [3.05, 3.63) is 34.4 Å². The number of H-pyrrole nitrogens is 1. The highest BCUT2D eigenvalue weighted by molar-refractivity contribution is 9.10. The van der Waals surface area contributed by atoms with E-state index in [0.717, 1.165) is 28.2 Å². The van der Waals surface area contributed by atoms with E-state index in [1.807, 2.05) is 49.9 Å². The Kier molecular flexibility index (Phi) is 5.27. The normalized spacial score (nSPS) is 15.9. The lowest BCUT2D eigenvalue weighted by atomic mass is 10.0. The molecule has 2 amide bonds. The van der Waals surface area contributed by atoms with Crippen molar-refractivity contribution in [3.8, 4) is 0 Å². The second kappa shape index (κ2) is 7.31. The minimum Gasteiger partial charge on any atom is -0.444 e. The van der Waals surface area contributed by atoms with Crippen LogP contribution in [0.3, 0.4) is 0 Å². The summed E-state index contributed by atoms with van der Waals surface area (Å²) in [5.41, 5.74) is 1.03. The van der Waals surface area contributed by atoms with Crippen molar-refractivity contribution in [1.82, 2.24) is 15.2 Å². The Morgan fingerprint density at radius 2 is 1.92 bits per heavy atom. The minimum atomic E-state index is -0.509. The predicted molar refractivity (Wildman–Crippen MR) is 104 cm³/mol. The van der Waals surface area contributed by atoms with Gasteiger partial charge in [0.1, 0.15) is 11.3 Å². The van der Waals surface area contributed by atoms with Crippen molar-refractivity contribution in [3.63, 3.8) is 0 Å². The van der Waals surface area contributed by atoms with Crippen LogP contribution in [0, 0.1) is 0 Å². The summed E-state index contributed by atoms with van der Waals surface area (Å²) in [5.74, 6) is -0.00644. The lowest BCUT2D eigenvalue weighted by molar-refractivity contribution is 0.0473. The van der Waals surface area contributed by atoms with Gasteiger partial charge in [0.25, 0.3) is 5.91 Å². The molecule has 3 rings (SSSR count). The van der Waals surface area contributed by atoms with Gasteiger partial charge in [-0.1, -0.05) is 15.9 Å². The average Bonchev–Trinajstić information content (AvgIpc) is 2.96. The van der Waals surface area contributed by atoms with E-state index in [0.29, 0.717) is 18.8 Å². The van der Waals surface area contributed by atoms with Gasteiger partial charge in [0, 0.05) is 34.5 Å². The summed E-state index contributed by atoms with van der Waals surface area (Å²) in [6.45, 7) is 6.74. The third kappa shape index (κ3) is 4.58. The molecule has 1 fully saturated rings. The smallest absolute Gasteiger partial charge is 0.407 e. The van der Waals surface area contributed by atoms with Gasteiger partial charge in [0.15, 0.2) is 0 Å². The first-order valence-corrected chi connectivity index (χ1v) is 9.58. The van der Waals surface area contributed by atoms with Gasteiger partial charge in [0.05, 0.1) is 0 Å². The monoisotopic (exact) mass is 421 g/mol. The van der Waals surface area contributed by atoms with Gasteiger partial charge in [0.2, 0.25) is 0 Å². The molecule has 1 aliphatic rings. The molecule has 7 heteroatoms. The molecule has 140 valence electrons. The SMILES string of the molecule is CC(C)(C)OC(=O)NC1CCN(C(=O)c2cc3cc(Br)ccc3[nH]2)CC1. The number of nitrogens with one attached hydrogen (secondary N) is 2. The molecule has 0 bridgehead atoms. The van der Waals surface area contributed by atoms with Crippen LogP contribution in [0.1, 0.15) is 44.1 Å². The van der Waals surface area contributed by atoms with Gasteiger partial charge in [-0.15, -0.1) is 0 Å². The average molecular weight is 422 g/mol. The number of halogens is 1. The second-order valence-electron chi connectivity index (χ2n) is 7.63. The number of rotatable bonds is 2. The summed E-state index contributed by atoms with van der Waals surface area (Å²) < 4.78 is 6.27. The summed E-state index contributed by atoms with van der Waals surface area (Å²) in [5, 5.41) is 3.89. The van der Waals surface area contributed by atoms with E-state index in [9.17, 15) is 9.59 Å². The predicted octanol–water partition coefficient (Wildman–Crippen LogP) is 4.06. The molecule has 1 aromatic carbocycles. The fourth-order valence-electron chi connectivity index (χ4n) is 3.09. The highest BCUT2D eigenvalue weighted by atomic mass is 79.9. The number of aromatic nitrogens is 1. The molecular formula is C19H24BrN3O3. The van der Waals surface area contributed by atoms with Crippen molar-refractivity contribution in [2.75, 3.05) is 13.1 Å². The lowest BCUT2D eigenvalue weighted by Crippen LogP contribution is -2.47. The first-order valence-electron chi connectivity index (χ1n) is 8.78. The van der Waals surface area contributed by atoms with Crippen molar-refractivity contribution < 1.29 is 14.3 Å². The molecule has 0 radical (unpaired) electrons. The van der Waals surface area contributed by atoms with E-state index in [1.165, 1.54) is 0 Å². The van der Waals surface area contributed by atoms with Crippen molar-refractivity contribution in [2.45, 2.75) is 45.3 Å². The zero-order chi connectivity index (χ0) is 18.9. The summed E-state index contributed by atoms with van der Waals surface area (Å²) in [4.78, 5) is 29.6. The highest BCUT2D eigenvalue weighted by Crippen LogP contribution is 2.22. The Labute approximate surface area is 161 Å². The van der Waals surface area contributed by atoms with Crippen LogP contribution in [-0.2, 0) is 4.74 Å². The van der Waals surface area contributed by atoms with Crippen LogP contribution < -0.4 is 5.32 Å². The number of amides is 2. The van der Waals surface area contributed by atoms with E-state index in [2.05, 4.69) is 26.2 Å². The molecule has 0 atom stereocenters. The Hall–Kier alpha value is -2.02. The number of aromatic amines is 1.